The summed E-state index contributed by atoms with van der Waals surface area (Å²) in [6.45, 7) is 14.6. The van der Waals surface area contributed by atoms with Gasteiger partial charge >= 0.3 is 0 Å². The molecule has 2 aliphatic heterocycles. The van der Waals surface area contributed by atoms with E-state index in [4.69, 9.17) is 9.73 Å². The molecule has 170 valence electrons. The van der Waals surface area contributed by atoms with E-state index in [2.05, 4.69) is 67.5 Å². The number of nitrogens with one attached hydrogen (secondary N) is 2. The van der Waals surface area contributed by atoms with Crippen LogP contribution in [0.3, 0.4) is 0 Å². The summed E-state index contributed by atoms with van der Waals surface area (Å²) in [5.74, 6) is 0.968. The lowest BCUT2D eigenvalue weighted by molar-refractivity contribution is 0.0529. The molecule has 6 heteroatoms. The van der Waals surface area contributed by atoms with Crippen molar-refractivity contribution in [2.75, 3.05) is 39.4 Å². The SMILES string of the molecule is CCNC(=NCC1(c2ccccc2C)CCOCC1)NC1CCN(C(C)C)CC1.I. The Kier molecular flexibility index (Phi) is 10.4. The number of halogens is 1. The Morgan fingerprint density at radius 2 is 1.87 bits per heavy atom. The van der Waals surface area contributed by atoms with Gasteiger partial charge in [0.15, 0.2) is 5.96 Å². The van der Waals surface area contributed by atoms with Crippen molar-refractivity contribution in [1.29, 1.82) is 0 Å². The van der Waals surface area contributed by atoms with Crippen LogP contribution in [0.1, 0.15) is 57.6 Å². The van der Waals surface area contributed by atoms with Crippen LogP contribution in [0.4, 0.5) is 0 Å². The molecule has 0 spiro atoms. The second-order valence-corrected chi connectivity index (χ2v) is 8.95. The summed E-state index contributed by atoms with van der Waals surface area (Å²) in [7, 11) is 0. The first-order valence-corrected chi connectivity index (χ1v) is 11.5. The second-order valence-electron chi connectivity index (χ2n) is 8.95. The molecule has 0 aliphatic carbocycles. The smallest absolute Gasteiger partial charge is 0.191 e. The van der Waals surface area contributed by atoms with Crippen LogP contribution < -0.4 is 10.6 Å². The zero-order valence-electron chi connectivity index (χ0n) is 19.2. The van der Waals surface area contributed by atoms with Gasteiger partial charge in [-0.25, -0.2) is 0 Å². The highest BCUT2D eigenvalue weighted by atomic mass is 127. The summed E-state index contributed by atoms with van der Waals surface area (Å²) in [4.78, 5) is 7.67. The lowest BCUT2D eigenvalue weighted by Crippen LogP contribution is -2.50. The summed E-state index contributed by atoms with van der Waals surface area (Å²) in [6.07, 6.45) is 4.43. The largest absolute Gasteiger partial charge is 0.381 e. The van der Waals surface area contributed by atoms with Gasteiger partial charge in [0.25, 0.3) is 0 Å². The zero-order valence-corrected chi connectivity index (χ0v) is 21.6. The van der Waals surface area contributed by atoms with E-state index in [1.54, 1.807) is 0 Å². The molecule has 0 aromatic heterocycles. The van der Waals surface area contributed by atoms with Crippen LogP contribution in [0.15, 0.2) is 29.3 Å². The molecular weight excluding hydrogens is 487 g/mol. The Labute approximate surface area is 200 Å². The highest BCUT2D eigenvalue weighted by Gasteiger charge is 2.35. The Bertz CT molecular complexity index is 665. The van der Waals surface area contributed by atoms with Crippen LogP contribution in [0.25, 0.3) is 0 Å². The van der Waals surface area contributed by atoms with Crippen molar-refractivity contribution >= 4 is 29.9 Å². The molecule has 0 radical (unpaired) electrons. The molecule has 0 saturated carbocycles. The molecule has 30 heavy (non-hydrogen) atoms. The number of benzene rings is 1. The average molecular weight is 529 g/mol. The first kappa shape index (κ1) is 25.4. The number of ether oxygens (including phenoxy) is 1. The second kappa shape index (κ2) is 12.2. The third kappa shape index (κ3) is 6.57. The standard InChI is InChI=1S/C24H40N4O.HI/c1-5-25-23(27-21-10-14-28(15-11-21)19(2)3)26-18-24(12-16-29-17-13-24)22-9-7-6-8-20(22)4;/h6-9,19,21H,5,10-18H2,1-4H3,(H2,25,26,27);1H. The van der Waals surface area contributed by atoms with Crippen LogP contribution in [0.2, 0.25) is 0 Å². The van der Waals surface area contributed by atoms with E-state index in [9.17, 15) is 0 Å². The number of hydrogen-bond acceptors (Lipinski definition) is 3. The Morgan fingerprint density at radius 3 is 2.47 bits per heavy atom. The van der Waals surface area contributed by atoms with Crippen molar-refractivity contribution in [3.05, 3.63) is 35.4 Å². The molecule has 2 heterocycles. The summed E-state index contributed by atoms with van der Waals surface area (Å²) in [5.41, 5.74) is 2.88. The number of rotatable bonds is 6. The van der Waals surface area contributed by atoms with Crippen molar-refractivity contribution in [3.8, 4) is 0 Å². The lowest BCUT2D eigenvalue weighted by Gasteiger charge is -2.38. The molecule has 0 amide bonds. The fourth-order valence-corrected chi connectivity index (χ4v) is 4.75. The maximum atomic E-state index is 5.71. The van der Waals surface area contributed by atoms with Crippen LogP contribution in [0, 0.1) is 6.92 Å². The van der Waals surface area contributed by atoms with Crippen LogP contribution in [-0.2, 0) is 10.2 Å². The fraction of sp³-hybridized carbons (Fsp3) is 0.708. The molecule has 5 nitrogen and oxygen atoms in total. The average Bonchev–Trinajstić information content (AvgIpc) is 2.73. The van der Waals surface area contributed by atoms with E-state index in [1.807, 2.05) is 0 Å². The molecule has 0 atom stereocenters. The van der Waals surface area contributed by atoms with E-state index in [-0.39, 0.29) is 29.4 Å². The number of aliphatic imine (C=N–C) groups is 1. The van der Waals surface area contributed by atoms with Gasteiger partial charge in [0.1, 0.15) is 0 Å². The van der Waals surface area contributed by atoms with Gasteiger partial charge in [-0.05, 0) is 64.5 Å². The highest BCUT2D eigenvalue weighted by molar-refractivity contribution is 14.0. The number of piperidine rings is 1. The maximum Gasteiger partial charge on any atom is 0.191 e. The first-order chi connectivity index (χ1) is 14.0. The van der Waals surface area contributed by atoms with E-state index in [0.29, 0.717) is 12.1 Å². The molecule has 3 rings (SSSR count). The number of hydrogen-bond donors (Lipinski definition) is 2. The van der Waals surface area contributed by atoms with Crippen LogP contribution in [0.5, 0.6) is 0 Å². The van der Waals surface area contributed by atoms with Crippen LogP contribution in [-0.4, -0.2) is 62.3 Å². The third-order valence-electron chi connectivity index (χ3n) is 6.65. The predicted molar refractivity (Wildman–Crippen MR) is 137 cm³/mol. The van der Waals surface area contributed by atoms with Gasteiger partial charge in [0.2, 0.25) is 0 Å². The lowest BCUT2D eigenvalue weighted by atomic mass is 9.72. The monoisotopic (exact) mass is 528 g/mol. The number of guanidine groups is 1. The minimum absolute atomic E-state index is 0. The molecule has 1 aromatic carbocycles. The van der Waals surface area contributed by atoms with Gasteiger partial charge in [-0.15, -0.1) is 24.0 Å². The molecular formula is C24H41IN4O. The molecule has 2 fully saturated rings. The Morgan fingerprint density at radius 1 is 1.20 bits per heavy atom. The molecule has 2 aliphatic rings. The summed E-state index contributed by atoms with van der Waals surface area (Å²) < 4.78 is 5.71. The zero-order chi connectivity index (χ0) is 20.7. The van der Waals surface area contributed by atoms with E-state index < -0.39 is 0 Å². The molecule has 0 unspecified atom stereocenters. The van der Waals surface area contributed by atoms with Gasteiger partial charge in [-0.1, -0.05) is 24.3 Å². The third-order valence-corrected chi connectivity index (χ3v) is 6.65. The van der Waals surface area contributed by atoms with E-state index >= 15 is 0 Å². The minimum Gasteiger partial charge on any atom is -0.381 e. The number of nitrogens with zero attached hydrogens (tertiary/aromatic N) is 2. The summed E-state index contributed by atoms with van der Waals surface area (Å²) in [6, 6.07) is 9.95. The maximum absolute atomic E-state index is 5.71. The van der Waals surface area contributed by atoms with Crippen LogP contribution >= 0.6 is 24.0 Å². The van der Waals surface area contributed by atoms with Gasteiger partial charge in [-0.2, -0.15) is 0 Å². The molecule has 1 aromatic rings. The minimum atomic E-state index is 0. The first-order valence-electron chi connectivity index (χ1n) is 11.5. The molecule has 2 saturated heterocycles. The summed E-state index contributed by atoms with van der Waals surface area (Å²) >= 11 is 0. The Hall–Kier alpha value is -0.860. The normalized spacial score (nSPS) is 20.6. The van der Waals surface area contributed by atoms with Gasteiger partial charge in [0.05, 0.1) is 6.54 Å². The highest BCUT2D eigenvalue weighted by Crippen LogP contribution is 2.37. The van der Waals surface area contributed by atoms with Gasteiger partial charge in [0, 0.05) is 50.3 Å². The van der Waals surface area contributed by atoms with Gasteiger partial charge in [-0.3, -0.25) is 4.99 Å². The van der Waals surface area contributed by atoms with Crippen molar-refractivity contribution in [3.63, 3.8) is 0 Å². The quantitative estimate of drug-likeness (QED) is 0.332. The topological polar surface area (TPSA) is 48.9 Å². The predicted octanol–water partition coefficient (Wildman–Crippen LogP) is 4.09. The van der Waals surface area contributed by atoms with Crippen molar-refractivity contribution < 1.29 is 4.74 Å². The van der Waals surface area contributed by atoms with Crippen molar-refractivity contribution in [1.82, 2.24) is 15.5 Å². The van der Waals surface area contributed by atoms with Crippen molar-refractivity contribution in [2.45, 2.75) is 70.9 Å². The molecule has 0 bridgehead atoms. The summed E-state index contributed by atoms with van der Waals surface area (Å²) in [5, 5.41) is 7.20. The van der Waals surface area contributed by atoms with Crippen molar-refractivity contribution in [2.24, 2.45) is 4.99 Å². The number of aryl methyl sites for hydroxylation is 1. The van der Waals surface area contributed by atoms with Gasteiger partial charge < -0.3 is 20.3 Å². The Balaban J connectivity index is 0.00000320. The van der Waals surface area contributed by atoms with E-state index in [1.165, 1.54) is 37.1 Å². The molecule has 2 N–H and O–H groups in total. The van der Waals surface area contributed by atoms with E-state index in [0.717, 1.165) is 45.1 Å². The fourth-order valence-electron chi connectivity index (χ4n) is 4.75. The number of likely N-dealkylation sites (tertiary alicyclic amines) is 1.